The highest BCUT2D eigenvalue weighted by molar-refractivity contribution is 5.72. The molecule has 1 aromatic heterocycles. The van der Waals surface area contributed by atoms with E-state index in [4.69, 9.17) is 5.11 Å². The zero-order chi connectivity index (χ0) is 11.8. The number of hydrogen-bond acceptors (Lipinski definition) is 2. The molecule has 92 valence electrons. The van der Waals surface area contributed by atoms with Gasteiger partial charge in [0.15, 0.2) is 0 Å². The van der Waals surface area contributed by atoms with Crippen molar-refractivity contribution >= 4 is 11.8 Å². The predicted octanol–water partition coefficient (Wildman–Crippen LogP) is 1.88. The Morgan fingerprint density at radius 2 is 2.35 bits per heavy atom. The van der Waals surface area contributed by atoms with E-state index in [0.717, 1.165) is 37.4 Å². The molecule has 1 fully saturated rings. The second-order valence-electron chi connectivity index (χ2n) is 5.17. The SMILES string of the molecule is O=C(O)Cc1cn2c(c1CC1CC1)NCCC2. The van der Waals surface area contributed by atoms with Gasteiger partial charge in [0.1, 0.15) is 5.82 Å². The molecule has 0 unspecified atom stereocenters. The molecule has 1 saturated carbocycles. The molecule has 1 aliphatic carbocycles. The number of rotatable bonds is 4. The molecule has 0 radical (unpaired) electrons. The molecule has 0 spiro atoms. The molecule has 0 amide bonds. The number of hydrogen-bond donors (Lipinski definition) is 2. The van der Waals surface area contributed by atoms with Crippen LogP contribution >= 0.6 is 0 Å². The zero-order valence-electron chi connectivity index (χ0n) is 9.91. The highest BCUT2D eigenvalue weighted by atomic mass is 16.4. The number of anilines is 1. The lowest BCUT2D eigenvalue weighted by Crippen LogP contribution is -2.17. The summed E-state index contributed by atoms with van der Waals surface area (Å²) in [5, 5.41) is 12.4. The van der Waals surface area contributed by atoms with Gasteiger partial charge in [0.2, 0.25) is 0 Å². The Kier molecular flexibility index (Phi) is 2.57. The lowest BCUT2D eigenvalue weighted by atomic mass is 10.0. The third kappa shape index (κ3) is 2.16. The molecule has 2 aliphatic rings. The van der Waals surface area contributed by atoms with Gasteiger partial charge in [-0.1, -0.05) is 0 Å². The van der Waals surface area contributed by atoms with Gasteiger partial charge in [-0.05, 0) is 42.7 Å². The average Bonchev–Trinajstić information content (AvgIpc) is 3.03. The quantitative estimate of drug-likeness (QED) is 0.836. The first-order valence-electron chi connectivity index (χ1n) is 6.40. The summed E-state index contributed by atoms with van der Waals surface area (Å²) >= 11 is 0. The summed E-state index contributed by atoms with van der Waals surface area (Å²) in [6, 6.07) is 0. The monoisotopic (exact) mass is 234 g/mol. The van der Waals surface area contributed by atoms with Crippen LogP contribution in [0.1, 0.15) is 30.4 Å². The van der Waals surface area contributed by atoms with Gasteiger partial charge in [0.25, 0.3) is 0 Å². The Morgan fingerprint density at radius 3 is 3.06 bits per heavy atom. The first kappa shape index (κ1) is 10.7. The van der Waals surface area contributed by atoms with Crippen molar-refractivity contribution in [2.75, 3.05) is 11.9 Å². The standard InChI is InChI=1S/C13H18N2O2/c16-12(17)7-10-8-15-5-1-4-14-13(15)11(10)6-9-2-3-9/h8-9,14H,1-7H2,(H,16,17). The van der Waals surface area contributed by atoms with Crippen LogP contribution in [-0.2, 0) is 24.2 Å². The number of carboxylic acids is 1. The van der Waals surface area contributed by atoms with Crippen LogP contribution in [0.3, 0.4) is 0 Å². The fourth-order valence-corrected chi connectivity index (χ4v) is 2.65. The van der Waals surface area contributed by atoms with Crippen LogP contribution in [0.25, 0.3) is 0 Å². The van der Waals surface area contributed by atoms with E-state index in [1.165, 1.54) is 24.2 Å². The number of carboxylic acid groups (broad SMARTS) is 1. The molecule has 1 aromatic rings. The molecule has 2 heterocycles. The minimum atomic E-state index is -0.731. The van der Waals surface area contributed by atoms with Crippen LogP contribution in [0.5, 0.6) is 0 Å². The molecule has 4 nitrogen and oxygen atoms in total. The van der Waals surface area contributed by atoms with Crippen molar-refractivity contribution in [3.05, 3.63) is 17.3 Å². The van der Waals surface area contributed by atoms with Gasteiger partial charge >= 0.3 is 5.97 Å². The summed E-state index contributed by atoms with van der Waals surface area (Å²) in [7, 11) is 0. The zero-order valence-corrected chi connectivity index (χ0v) is 9.91. The van der Waals surface area contributed by atoms with Crippen LogP contribution < -0.4 is 5.32 Å². The van der Waals surface area contributed by atoms with Gasteiger partial charge in [-0.25, -0.2) is 0 Å². The van der Waals surface area contributed by atoms with Crippen LogP contribution in [-0.4, -0.2) is 22.2 Å². The molecule has 4 heteroatoms. The largest absolute Gasteiger partial charge is 0.481 e. The summed E-state index contributed by atoms with van der Waals surface area (Å²) < 4.78 is 2.19. The van der Waals surface area contributed by atoms with E-state index in [0.29, 0.717) is 0 Å². The van der Waals surface area contributed by atoms with E-state index in [1.54, 1.807) is 0 Å². The summed E-state index contributed by atoms with van der Waals surface area (Å²) in [5.74, 6) is 1.24. The smallest absolute Gasteiger partial charge is 0.307 e. The first-order valence-corrected chi connectivity index (χ1v) is 6.40. The molecule has 1 aliphatic heterocycles. The van der Waals surface area contributed by atoms with Crippen molar-refractivity contribution in [2.45, 2.75) is 38.6 Å². The maximum absolute atomic E-state index is 10.9. The second-order valence-corrected chi connectivity index (χ2v) is 5.17. The van der Waals surface area contributed by atoms with Crippen molar-refractivity contribution in [2.24, 2.45) is 5.92 Å². The Morgan fingerprint density at radius 1 is 1.53 bits per heavy atom. The highest BCUT2D eigenvalue weighted by Crippen LogP contribution is 2.37. The topological polar surface area (TPSA) is 54.3 Å². The summed E-state index contributed by atoms with van der Waals surface area (Å²) in [4.78, 5) is 10.9. The Hall–Kier alpha value is -1.45. The lowest BCUT2D eigenvalue weighted by molar-refractivity contribution is -0.136. The van der Waals surface area contributed by atoms with Gasteiger partial charge < -0.3 is 15.0 Å². The molecule has 2 N–H and O–H groups in total. The number of aliphatic carboxylic acids is 1. The summed E-state index contributed by atoms with van der Waals surface area (Å²) in [6.07, 6.45) is 6.97. The highest BCUT2D eigenvalue weighted by Gasteiger charge is 2.27. The number of carbonyl (C=O) groups is 1. The Labute approximate surface area is 101 Å². The maximum Gasteiger partial charge on any atom is 0.307 e. The number of aromatic nitrogens is 1. The van der Waals surface area contributed by atoms with E-state index >= 15 is 0 Å². The van der Waals surface area contributed by atoms with Crippen molar-refractivity contribution in [1.29, 1.82) is 0 Å². The normalized spacial score (nSPS) is 18.6. The molecule has 0 atom stereocenters. The first-order chi connectivity index (χ1) is 8.24. The minimum Gasteiger partial charge on any atom is -0.481 e. The molecular weight excluding hydrogens is 216 g/mol. The minimum absolute atomic E-state index is 0.156. The van der Waals surface area contributed by atoms with Crippen molar-refractivity contribution in [1.82, 2.24) is 4.57 Å². The molecular formula is C13H18N2O2. The maximum atomic E-state index is 10.9. The molecule has 0 aromatic carbocycles. The van der Waals surface area contributed by atoms with Gasteiger partial charge in [0, 0.05) is 19.3 Å². The van der Waals surface area contributed by atoms with E-state index in [1.807, 2.05) is 6.20 Å². The van der Waals surface area contributed by atoms with Gasteiger partial charge in [-0.3, -0.25) is 4.79 Å². The number of nitrogens with zero attached hydrogens (tertiary/aromatic N) is 1. The number of fused-ring (bicyclic) bond motifs is 1. The van der Waals surface area contributed by atoms with Crippen molar-refractivity contribution in [3.63, 3.8) is 0 Å². The van der Waals surface area contributed by atoms with Gasteiger partial charge in [0.05, 0.1) is 6.42 Å². The van der Waals surface area contributed by atoms with E-state index in [9.17, 15) is 4.79 Å². The number of nitrogens with one attached hydrogen (secondary N) is 1. The number of aryl methyl sites for hydroxylation is 1. The van der Waals surface area contributed by atoms with E-state index in [-0.39, 0.29) is 6.42 Å². The third-order valence-electron chi connectivity index (χ3n) is 3.67. The fourth-order valence-electron chi connectivity index (χ4n) is 2.65. The van der Waals surface area contributed by atoms with Crippen molar-refractivity contribution in [3.8, 4) is 0 Å². The van der Waals surface area contributed by atoms with E-state index in [2.05, 4.69) is 9.88 Å². The Balaban J connectivity index is 1.93. The van der Waals surface area contributed by atoms with E-state index < -0.39 is 5.97 Å². The Bertz CT molecular complexity index is 447. The fraction of sp³-hybridized carbons (Fsp3) is 0.615. The summed E-state index contributed by atoms with van der Waals surface area (Å²) in [6.45, 7) is 2.02. The molecule has 0 saturated heterocycles. The predicted molar refractivity (Wildman–Crippen MR) is 65.3 cm³/mol. The van der Waals surface area contributed by atoms with Gasteiger partial charge in [-0.15, -0.1) is 0 Å². The molecule has 17 heavy (non-hydrogen) atoms. The van der Waals surface area contributed by atoms with Gasteiger partial charge in [-0.2, -0.15) is 0 Å². The summed E-state index contributed by atoms with van der Waals surface area (Å²) in [5.41, 5.74) is 2.27. The van der Waals surface area contributed by atoms with Crippen LogP contribution in [0, 0.1) is 5.92 Å². The average molecular weight is 234 g/mol. The van der Waals surface area contributed by atoms with Crippen LogP contribution in [0.2, 0.25) is 0 Å². The van der Waals surface area contributed by atoms with Crippen LogP contribution in [0.4, 0.5) is 5.82 Å². The van der Waals surface area contributed by atoms with Crippen LogP contribution in [0.15, 0.2) is 6.20 Å². The van der Waals surface area contributed by atoms with Crippen molar-refractivity contribution < 1.29 is 9.90 Å². The third-order valence-corrected chi connectivity index (χ3v) is 3.67. The molecule has 3 rings (SSSR count). The second kappa shape index (κ2) is 4.09. The molecule has 0 bridgehead atoms. The lowest BCUT2D eigenvalue weighted by Gasteiger charge is -2.18.